The molecule has 4 aliphatic carbocycles. The first-order valence-electron chi connectivity index (χ1n) is 9.44. The zero-order valence-electron chi connectivity index (χ0n) is 14.7. The Kier molecular flexibility index (Phi) is 3.36. The second kappa shape index (κ2) is 5.53. The van der Waals surface area contributed by atoms with E-state index >= 15 is 0 Å². The minimum absolute atomic E-state index is 0.146. The summed E-state index contributed by atoms with van der Waals surface area (Å²) >= 11 is 0. The van der Waals surface area contributed by atoms with E-state index in [0.717, 1.165) is 12.0 Å². The van der Waals surface area contributed by atoms with Gasteiger partial charge in [-0.25, -0.2) is 0 Å². The Bertz CT molecular complexity index is 782. The van der Waals surface area contributed by atoms with Crippen LogP contribution in [-0.4, -0.2) is 29.2 Å². The molecule has 2 saturated carbocycles. The van der Waals surface area contributed by atoms with Gasteiger partial charge in [0.25, 0.3) is 0 Å². The molecule has 0 aromatic heterocycles. The predicted octanol–water partition coefficient (Wildman–Crippen LogP) is 1.92. The van der Waals surface area contributed by atoms with Crippen molar-refractivity contribution in [1.29, 1.82) is 0 Å². The maximum absolute atomic E-state index is 12.9. The standard InChI is InChI=1S/C21H22N2O3/c1-11(12-5-3-2-4-6-12)22-17(24)10-23-20(25)18-13-7-8-14(16-9-15(13)16)19(18)21(23)26/h2-8,11,13-16,18-19H,9-10H2,1H3,(H,22,24)/t11-,13-,14-,15-,16-,18+,19+/m1/s1. The first-order valence-corrected chi connectivity index (χ1v) is 9.44. The number of carbonyl (C=O) groups is 3. The lowest BCUT2D eigenvalue weighted by Crippen LogP contribution is -2.42. The molecule has 134 valence electrons. The van der Waals surface area contributed by atoms with Crippen molar-refractivity contribution >= 4 is 17.7 Å². The number of allylic oxidation sites excluding steroid dienone is 2. The first-order chi connectivity index (χ1) is 12.6. The highest BCUT2D eigenvalue weighted by Gasteiger charge is 2.67. The molecule has 5 nitrogen and oxygen atoms in total. The van der Waals surface area contributed by atoms with Crippen molar-refractivity contribution in [2.24, 2.45) is 35.5 Å². The third-order valence-corrected chi connectivity index (χ3v) is 6.73. The Morgan fingerprint density at radius 3 is 2.23 bits per heavy atom. The van der Waals surface area contributed by atoms with Gasteiger partial charge in [-0.3, -0.25) is 19.3 Å². The molecule has 1 aromatic carbocycles. The van der Waals surface area contributed by atoms with E-state index < -0.39 is 0 Å². The van der Waals surface area contributed by atoms with E-state index in [1.807, 2.05) is 37.3 Å². The van der Waals surface area contributed by atoms with Gasteiger partial charge in [0.15, 0.2) is 0 Å². The predicted molar refractivity (Wildman–Crippen MR) is 94.4 cm³/mol. The van der Waals surface area contributed by atoms with Crippen LogP contribution in [0.1, 0.15) is 24.9 Å². The molecule has 3 amide bonds. The third-order valence-electron chi connectivity index (χ3n) is 6.73. The van der Waals surface area contributed by atoms with Gasteiger partial charge in [-0.15, -0.1) is 0 Å². The third kappa shape index (κ3) is 2.19. The summed E-state index contributed by atoms with van der Waals surface area (Å²) in [5.41, 5.74) is 0.996. The van der Waals surface area contributed by atoms with Gasteiger partial charge in [0.2, 0.25) is 17.7 Å². The highest BCUT2D eigenvalue weighted by atomic mass is 16.2. The van der Waals surface area contributed by atoms with Crippen LogP contribution in [-0.2, 0) is 14.4 Å². The number of nitrogens with zero attached hydrogens (tertiary/aromatic N) is 1. The smallest absolute Gasteiger partial charge is 0.240 e. The SMILES string of the molecule is C[C@@H](NC(=O)CN1C(=O)[C@H]2[C@@H]3C=C[C@H]([C@H]4C[C@H]34)[C@@H]2C1=O)c1ccccc1. The molecule has 2 bridgehead atoms. The van der Waals surface area contributed by atoms with Crippen LogP contribution in [0.4, 0.5) is 0 Å². The molecular formula is C21H22N2O3. The molecular weight excluding hydrogens is 328 g/mol. The summed E-state index contributed by atoms with van der Waals surface area (Å²) in [7, 11) is 0. The van der Waals surface area contributed by atoms with Gasteiger partial charge in [0.1, 0.15) is 6.54 Å². The molecule has 1 aliphatic heterocycles. The van der Waals surface area contributed by atoms with Gasteiger partial charge in [-0.1, -0.05) is 42.5 Å². The molecule has 5 heteroatoms. The highest BCUT2D eigenvalue weighted by Crippen LogP contribution is 2.65. The maximum Gasteiger partial charge on any atom is 0.240 e. The van der Waals surface area contributed by atoms with Gasteiger partial charge in [0, 0.05) is 0 Å². The van der Waals surface area contributed by atoms with Crippen LogP contribution >= 0.6 is 0 Å². The maximum atomic E-state index is 12.9. The second-order valence-corrected chi connectivity index (χ2v) is 8.12. The number of nitrogens with one attached hydrogen (secondary N) is 1. The van der Waals surface area contributed by atoms with Gasteiger partial charge in [0.05, 0.1) is 17.9 Å². The number of benzene rings is 1. The number of hydrogen-bond acceptors (Lipinski definition) is 3. The Balaban J connectivity index is 1.29. The van der Waals surface area contributed by atoms with Crippen LogP contribution in [0.25, 0.3) is 0 Å². The van der Waals surface area contributed by atoms with Crippen molar-refractivity contribution in [2.75, 3.05) is 6.54 Å². The van der Waals surface area contributed by atoms with Gasteiger partial charge in [-0.2, -0.15) is 0 Å². The largest absolute Gasteiger partial charge is 0.348 e. The molecule has 0 radical (unpaired) electrons. The zero-order chi connectivity index (χ0) is 18.0. The second-order valence-electron chi connectivity index (χ2n) is 8.12. The fourth-order valence-corrected chi connectivity index (χ4v) is 5.43. The molecule has 5 aliphatic rings. The normalized spacial score (nSPS) is 37.3. The fourth-order valence-electron chi connectivity index (χ4n) is 5.43. The first kappa shape index (κ1) is 15.8. The van der Waals surface area contributed by atoms with Crippen LogP contribution < -0.4 is 5.32 Å². The van der Waals surface area contributed by atoms with Crippen molar-refractivity contribution in [3.05, 3.63) is 48.0 Å². The monoisotopic (exact) mass is 350 g/mol. The number of amides is 3. The molecule has 7 atom stereocenters. The average Bonchev–Trinajstić information content (AvgIpc) is 3.43. The summed E-state index contributed by atoms with van der Waals surface area (Å²) in [4.78, 5) is 39.4. The summed E-state index contributed by atoms with van der Waals surface area (Å²) in [6, 6.07) is 9.50. The lowest BCUT2D eigenvalue weighted by molar-refractivity contribution is -0.144. The molecule has 6 rings (SSSR count). The minimum Gasteiger partial charge on any atom is -0.348 e. The van der Waals surface area contributed by atoms with Crippen LogP contribution in [0.15, 0.2) is 42.5 Å². The van der Waals surface area contributed by atoms with E-state index in [0.29, 0.717) is 11.8 Å². The summed E-state index contributed by atoms with van der Waals surface area (Å²) in [5, 5.41) is 2.90. The van der Waals surface area contributed by atoms with Gasteiger partial charge < -0.3 is 5.32 Å². The van der Waals surface area contributed by atoms with Crippen molar-refractivity contribution in [3.8, 4) is 0 Å². The Morgan fingerprint density at radius 2 is 1.65 bits per heavy atom. The van der Waals surface area contributed by atoms with Crippen LogP contribution in [0.3, 0.4) is 0 Å². The molecule has 0 spiro atoms. The van der Waals surface area contributed by atoms with Gasteiger partial charge in [-0.05, 0) is 42.6 Å². The number of hydrogen-bond donors (Lipinski definition) is 1. The quantitative estimate of drug-likeness (QED) is 0.666. The van der Waals surface area contributed by atoms with Gasteiger partial charge >= 0.3 is 0 Å². The number of carbonyl (C=O) groups excluding carboxylic acids is 3. The molecule has 1 N–H and O–H groups in total. The van der Waals surface area contributed by atoms with E-state index in [1.54, 1.807) is 0 Å². The highest BCUT2D eigenvalue weighted by molar-refractivity contribution is 6.08. The van der Waals surface area contributed by atoms with Crippen molar-refractivity contribution in [2.45, 2.75) is 19.4 Å². The van der Waals surface area contributed by atoms with Crippen LogP contribution in [0.2, 0.25) is 0 Å². The van der Waals surface area contributed by atoms with Crippen LogP contribution in [0, 0.1) is 35.5 Å². The van der Waals surface area contributed by atoms with E-state index in [2.05, 4.69) is 17.5 Å². The van der Waals surface area contributed by atoms with Crippen molar-refractivity contribution in [1.82, 2.24) is 10.2 Å². The number of rotatable bonds is 4. The zero-order valence-corrected chi connectivity index (χ0v) is 14.7. The molecule has 3 fully saturated rings. The number of likely N-dealkylation sites (tertiary alicyclic amines) is 1. The summed E-state index contributed by atoms with van der Waals surface area (Å²) in [6.07, 6.45) is 5.43. The minimum atomic E-state index is -0.285. The van der Waals surface area contributed by atoms with Crippen molar-refractivity contribution < 1.29 is 14.4 Å². The number of imide groups is 1. The Labute approximate surface area is 152 Å². The molecule has 1 aromatic rings. The van der Waals surface area contributed by atoms with E-state index in [1.165, 1.54) is 4.90 Å². The molecule has 1 heterocycles. The average molecular weight is 350 g/mol. The fraction of sp³-hybridized carbons (Fsp3) is 0.476. The van der Waals surface area contributed by atoms with E-state index in [9.17, 15) is 14.4 Å². The van der Waals surface area contributed by atoms with Crippen LogP contribution in [0.5, 0.6) is 0 Å². The van der Waals surface area contributed by atoms with Crippen molar-refractivity contribution in [3.63, 3.8) is 0 Å². The Hall–Kier alpha value is -2.43. The molecule has 0 unspecified atom stereocenters. The summed E-state index contributed by atoms with van der Waals surface area (Å²) in [5.74, 6) is 0.503. The topological polar surface area (TPSA) is 66.5 Å². The summed E-state index contributed by atoms with van der Waals surface area (Å²) < 4.78 is 0. The van der Waals surface area contributed by atoms with E-state index in [-0.39, 0.29) is 54.0 Å². The lowest BCUT2D eigenvalue weighted by atomic mass is 9.63. The Morgan fingerprint density at radius 1 is 1.08 bits per heavy atom. The lowest BCUT2D eigenvalue weighted by Gasteiger charge is -2.37. The summed E-state index contributed by atoms with van der Waals surface area (Å²) in [6.45, 7) is 1.73. The molecule has 26 heavy (non-hydrogen) atoms. The van der Waals surface area contributed by atoms with E-state index in [4.69, 9.17) is 0 Å². The molecule has 1 saturated heterocycles.